The molecule has 5 rings (SSSR count). The first-order valence-electron chi connectivity index (χ1n) is 15.3. The minimum Gasteiger partial charge on any atom is -0.494 e. The van der Waals surface area contributed by atoms with Crippen molar-refractivity contribution < 1.29 is 39.4 Å². The molecule has 45 heavy (non-hydrogen) atoms. The third-order valence-electron chi connectivity index (χ3n) is 8.27. The fourth-order valence-corrected chi connectivity index (χ4v) is 5.88. The Bertz CT molecular complexity index is 1550. The van der Waals surface area contributed by atoms with Crippen molar-refractivity contribution in [3.8, 4) is 5.75 Å². The largest absolute Gasteiger partial charge is 0.494 e. The number of rotatable bonds is 11. The van der Waals surface area contributed by atoms with E-state index in [2.05, 4.69) is 16.8 Å². The maximum absolute atomic E-state index is 13.9. The van der Waals surface area contributed by atoms with Gasteiger partial charge in [-0.1, -0.05) is 31.2 Å². The lowest BCUT2D eigenvalue weighted by Gasteiger charge is -2.39. The second-order valence-corrected chi connectivity index (χ2v) is 11.8. The van der Waals surface area contributed by atoms with Crippen molar-refractivity contribution >= 4 is 28.4 Å². The van der Waals surface area contributed by atoms with Crippen molar-refractivity contribution in [3.63, 3.8) is 0 Å². The molecule has 3 aromatic rings. The summed E-state index contributed by atoms with van der Waals surface area (Å²) in [4.78, 5) is 20.9. The Morgan fingerprint density at radius 2 is 1.87 bits per heavy atom. The molecule has 1 aromatic heterocycles. The topological polar surface area (TPSA) is 148 Å². The molecule has 11 nitrogen and oxygen atoms in total. The van der Waals surface area contributed by atoms with Crippen LogP contribution >= 0.6 is 0 Å². The molecule has 6 atom stereocenters. The molecular weight excluding hydrogens is 578 g/mol. The highest BCUT2D eigenvalue weighted by Gasteiger charge is 2.45. The van der Waals surface area contributed by atoms with Crippen molar-refractivity contribution in [2.75, 3.05) is 45.3 Å². The van der Waals surface area contributed by atoms with Crippen LogP contribution in [0.5, 0.6) is 5.75 Å². The number of aliphatic hydroxyl groups excluding tert-OH is 4. The monoisotopic (exact) mass is 621 g/mol. The van der Waals surface area contributed by atoms with Crippen LogP contribution in [0.15, 0.2) is 60.4 Å². The van der Waals surface area contributed by atoms with Crippen LogP contribution in [-0.4, -0.2) is 107 Å². The number of nitrogens with one attached hydrogen (secondary N) is 1. The van der Waals surface area contributed by atoms with Gasteiger partial charge in [0.15, 0.2) is 0 Å². The lowest BCUT2D eigenvalue weighted by molar-refractivity contribution is -0.277. The van der Waals surface area contributed by atoms with Crippen LogP contribution < -0.4 is 9.64 Å². The Morgan fingerprint density at radius 3 is 2.58 bits per heavy atom. The van der Waals surface area contributed by atoms with Crippen LogP contribution in [0.25, 0.3) is 16.8 Å². The molecule has 0 radical (unpaired) electrons. The molecule has 2 aliphatic heterocycles. The predicted molar refractivity (Wildman–Crippen MR) is 171 cm³/mol. The van der Waals surface area contributed by atoms with Gasteiger partial charge in [0, 0.05) is 36.2 Å². The zero-order chi connectivity index (χ0) is 32.2. The zero-order valence-electron chi connectivity index (χ0n) is 26.1. The molecule has 6 unspecified atom stereocenters. The van der Waals surface area contributed by atoms with Gasteiger partial charge < -0.3 is 49.4 Å². The Hall–Kier alpha value is -3.71. The van der Waals surface area contributed by atoms with Crippen LogP contribution in [0.1, 0.15) is 47.9 Å². The van der Waals surface area contributed by atoms with Crippen molar-refractivity contribution in [1.82, 2.24) is 9.88 Å². The zero-order valence-corrected chi connectivity index (χ0v) is 26.1. The van der Waals surface area contributed by atoms with E-state index in [1.165, 1.54) is 0 Å². The highest BCUT2D eigenvalue weighted by molar-refractivity contribution is 6.09. The molecule has 1 amide bonds. The summed E-state index contributed by atoms with van der Waals surface area (Å²) in [5, 5.41) is 42.4. The number of benzene rings is 2. The number of allylic oxidation sites excluding steroid dienone is 2. The van der Waals surface area contributed by atoms with Gasteiger partial charge in [0.25, 0.3) is 5.91 Å². The number of anilines is 1. The van der Waals surface area contributed by atoms with Crippen molar-refractivity contribution in [3.05, 3.63) is 77.3 Å². The molecule has 242 valence electrons. The van der Waals surface area contributed by atoms with Crippen LogP contribution in [0.4, 0.5) is 5.69 Å². The molecule has 1 fully saturated rings. The number of aliphatic hydroxyl groups is 4. The van der Waals surface area contributed by atoms with Gasteiger partial charge in [-0.2, -0.15) is 0 Å². The molecule has 0 spiro atoms. The molecule has 0 saturated carbocycles. The standard InChI is InChI=1S/C34H43N3O8/c1-5-22(43-16-8-15-36(3)4)13-11-21-12-14-25(35-21)33(42)37-18-20(2)29-24-10-7-6-9-23(24)27(17-26(29)37)44-34-32(41)31(40)30(39)28(19-38)45-34/h5-7,9-14,17,20,28,30-32,34-35,38-41H,8,15-16,18-19H2,1-4H3/b13-11-,22-5+. The second kappa shape index (κ2) is 14.2. The van der Waals surface area contributed by atoms with Crippen molar-refractivity contribution in [1.29, 1.82) is 0 Å². The van der Waals surface area contributed by atoms with Crippen LogP contribution in [0.3, 0.4) is 0 Å². The molecule has 3 heterocycles. The lowest BCUT2D eigenvalue weighted by Crippen LogP contribution is -2.60. The van der Waals surface area contributed by atoms with Gasteiger partial charge in [0.1, 0.15) is 41.6 Å². The van der Waals surface area contributed by atoms with Gasteiger partial charge in [-0.25, -0.2) is 0 Å². The van der Waals surface area contributed by atoms with E-state index in [1.54, 1.807) is 17.0 Å². The number of hydrogen-bond acceptors (Lipinski definition) is 9. The molecular formula is C34H43N3O8. The van der Waals surface area contributed by atoms with Gasteiger partial charge in [-0.3, -0.25) is 4.79 Å². The Morgan fingerprint density at radius 1 is 1.11 bits per heavy atom. The first-order chi connectivity index (χ1) is 21.6. The van der Waals surface area contributed by atoms with E-state index in [4.69, 9.17) is 14.2 Å². The number of nitrogens with zero attached hydrogens (tertiary/aromatic N) is 2. The van der Waals surface area contributed by atoms with Crippen LogP contribution in [-0.2, 0) is 9.47 Å². The first-order valence-corrected chi connectivity index (χ1v) is 15.3. The van der Waals surface area contributed by atoms with Gasteiger partial charge in [0.2, 0.25) is 6.29 Å². The Kier molecular flexibility index (Phi) is 10.3. The number of H-pyrrole nitrogens is 1. The van der Waals surface area contributed by atoms with Crippen LogP contribution in [0.2, 0.25) is 0 Å². The Labute approximate surface area is 262 Å². The maximum Gasteiger partial charge on any atom is 0.274 e. The van der Waals surface area contributed by atoms with Gasteiger partial charge >= 0.3 is 0 Å². The molecule has 5 N–H and O–H groups in total. The quantitative estimate of drug-likeness (QED) is 0.124. The number of carbonyl (C=O) groups is 1. The average Bonchev–Trinajstić information content (AvgIpc) is 3.65. The summed E-state index contributed by atoms with van der Waals surface area (Å²) < 4.78 is 17.6. The molecule has 0 aliphatic carbocycles. The third-order valence-corrected chi connectivity index (χ3v) is 8.27. The summed E-state index contributed by atoms with van der Waals surface area (Å²) in [7, 11) is 4.06. The lowest BCUT2D eigenvalue weighted by atomic mass is 9.95. The van der Waals surface area contributed by atoms with E-state index < -0.39 is 37.3 Å². The summed E-state index contributed by atoms with van der Waals surface area (Å²) >= 11 is 0. The first kappa shape index (κ1) is 32.7. The van der Waals surface area contributed by atoms with Crippen molar-refractivity contribution in [2.24, 2.45) is 0 Å². The third kappa shape index (κ3) is 6.94. The summed E-state index contributed by atoms with van der Waals surface area (Å²) in [6, 6.07) is 12.9. The van der Waals surface area contributed by atoms with Crippen LogP contribution in [0, 0.1) is 0 Å². The summed E-state index contributed by atoms with van der Waals surface area (Å²) in [6.45, 7) is 5.42. The number of carbonyl (C=O) groups excluding carboxylic acids is 1. The number of aromatic amines is 1. The van der Waals surface area contributed by atoms with E-state index >= 15 is 0 Å². The molecule has 0 bridgehead atoms. The van der Waals surface area contributed by atoms with E-state index in [0.717, 1.165) is 40.8 Å². The molecule has 2 aliphatic rings. The Balaban J connectivity index is 1.38. The SMILES string of the molecule is C/C=C(\C=C/c1ccc(C(=O)N2CC(C)c3c2cc(OC2OC(CO)C(O)C(O)C2O)c2ccccc32)[nH]1)OCCCN(C)C. The minimum atomic E-state index is -1.57. The number of hydrogen-bond donors (Lipinski definition) is 5. The number of ether oxygens (including phenoxy) is 3. The number of amides is 1. The summed E-state index contributed by atoms with van der Waals surface area (Å²) in [6.07, 6.45) is -0.545. The number of fused-ring (bicyclic) bond motifs is 3. The summed E-state index contributed by atoms with van der Waals surface area (Å²) in [5.74, 6) is 0.907. The highest BCUT2D eigenvalue weighted by atomic mass is 16.7. The van der Waals surface area contributed by atoms with E-state index in [0.29, 0.717) is 30.3 Å². The fraction of sp³-hybridized carbons (Fsp3) is 0.441. The molecule has 11 heteroatoms. The summed E-state index contributed by atoms with van der Waals surface area (Å²) in [5.41, 5.74) is 2.84. The molecule has 2 aromatic carbocycles. The second-order valence-electron chi connectivity index (χ2n) is 11.8. The smallest absolute Gasteiger partial charge is 0.274 e. The number of aromatic nitrogens is 1. The average molecular weight is 622 g/mol. The van der Waals surface area contributed by atoms with E-state index in [-0.39, 0.29) is 11.8 Å². The normalized spacial score (nSPS) is 25.4. The van der Waals surface area contributed by atoms with Crippen molar-refractivity contribution in [2.45, 2.75) is 56.9 Å². The molecule has 1 saturated heterocycles. The predicted octanol–water partition coefficient (Wildman–Crippen LogP) is 3.00. The maximum atomic E-state index is 13.9. The van der Waals surface area contributed by atoms with Gasteiger partial charge in [-0.15, -0.1) is 0 Å². The minimum absolute atomic E-state index is 0.0337. The fourth-order valence-electron chi connectivity index (χ4n) is 5.88. The van der Waals surface area contributed by atoms with E-state index in [9.17, 15) is 25.2 Å². The van der Waals surface area contributed by atoms with Gasteiger partial charge in [-0.05, 0) is 68.8 Å². The van der Waals surface area contributed by atoms with Gasteiger partial charge in [0.05, 0.1) is 18.9 Å². The van der Waals surface area contributed by atoms with E-state index in [1.807, 2.05) is 69.6 Å². The highest BCUT2D eigenvalue weighted by Crippen LogP contribution is 2.46.